The summed E-state index contributed by atoms with van der Waals surface area (Å²) in [7, 11) is -1.93. The maximum atomic E-state index is 13.1. The van der Waals surface area contributed by atoms with Gasteiger partial charge in [-0.05, 0) is 18.2 Å². The van der Waals surface area contributed by atoms with Gasteiger partial charge in [0.15, 0.2) is 5.57 Å². The molecule has 0 radical (unpaired) electrons. The van der Waals surface area contributed by atoms with Gasteiger partial charge < -0.3 is 24.8 Å². The van der Waals surface area contributed by atoms with Crippen LogP contribution in [0.3, 0.4) is 0 Å². The molecule has 0 aliphatic carbocycles. The van der Waals surface area contributed by atoms with E-state index in [1.54, 1.807) is 0 Å². The first-order valence-electron chi connectivity index (χ1n) is 6.28. The normalized spacial score (nSPS) is 16.7. The van der Waals surface area contributed by atoms with E-state index < -0.39 is 36.2 Å². The van der Waals surface area contributed by atoms with Crippen LogP contribution in [0.15, 0.2) is 30.0 Å². The lowest BCUT2D eigenvalue weighted by Crippen LogP contribution is -2.42. The largest absolute Gasteiger partial charge is 0.490 e. The van der Waals surface area contributed by atoms with Crippen molar-refractivity contribution in [1.29, 1.82) is 0 Å². The van der Waals surface area contributed by atoms with Gasteiger partial charge in [0.2, 0.25) is 0 Å². The zero-order valence-corrected chi connectivity index (χ0v) is 11.8. The van der Waals surface area contributed by atoms with Crippen molar-refractivity contribution < 1.29 is 33.5 Å². The molecular formula is C13H13BFNO6. The molecule has 116 valence electrons. The smallest absolute Gasteiger partial charge is 0.423 e. The van der Waals surface area contributed by atoms with Crippen LogP contribution in [-0.4, -0.2) is 34.9 Å². The fourth-order valence-corrected chi connectivity index (χ4v) is 1.81. The molecule has 0 unspecified atom stereocenters. The fraction of sp³-hybridized carbons (Fsp3) is 0.231. The molecule has 1 aromatic rings. The number of halogens is 1. The Labute approximate surface area is 125 Å². The van der Waals surface area contributed by atoms with Crippen LogP contribution in [0.4, 0.5) is 10.1 Å². The Morgan fingerprint density at radius 3 is 2.36 bits per heavy atom. The van der Waals surface area contributed by atoms with Crippen molar-refractivity contribution in [3.8, 4) is 0 Å². The van der Waals surface area contributed by atoms with E-state index >= 15 is 0 Å². The molecule has 0 saturated carbocycles. The van der Waals surface area contributed by atoms with Gasteiger partial charge in [-0.1, -0.05) is 0 Å². The van der Waals surface area contributed by atoms with Gasteiger partial charge >= 0.3 is 19.1 Å². The van der Waals surface area contributed by atoms with Crippen LogP contribution in [0.2, 0.25) is 0 Å². The molecule has 0 bridgehead atoms. The third kappa shape index (κ3) is 3.44. The molecule has 0 aromatic heterocycles. The Morgan fingerprint density at radius 1 is 1.23 bits per heavy atom. The van der Waals surface area contributed by atoms with Crippen molar-refractivity contribution >= 4 is 30.2 Å². The molecule has 1 saturated heterocycles. The van der Waals surface area contributed by atoms with Gasteiger partial charge in [-0.15, -0.1) is 0 Å². The average Bonchev–Trinajstić information content (AvgIpc) is 2.37. The first kappa shape index (κ1) is 16.0. The Balaban J connectivity index is 2.25. The van der Waals surface area contributed by atoms with Gasteiger partial charge in [0, 0.05) is 31.2 Å². The highest BCUT2D eigenvalue weighted by molar-refractivity contribution is 6.60. The predicted octanol–water partition coefficient (Wildman–Crippen LogP) is -0.363. The lowest BCUT2D eigenvalue weighted by molar-refractivity contribution is -0.222. The molecule has 9 heteroatoms. The maximum Gasteiger partial charge on any atom is 0.490 e. The quantitative estimate of drug-likeness (QED) is 0.303. The van der Waals surface area contributed by atoms with Crippen molar-refractivity contribution in [2.24, 2.45) is 0 Å². The third-order valence-electron chi connectivity index (χ3n) is 2.78. The molecule has 1 fully saturated rings. The highest BCUT2D eigenvalue weighted by atomic mass is 19.1. The van der Waals surface area contributed by atoms with Crippen LogP contribution < -0.4 is 10.8 Å². The van der Waals surface area contributed by atoms with Crippen molar-refractivity contribution in [3.05, 3.63) is 35.8 Å². The van der Waals surface area contributed by atoms with Gasteiger partial charge in [0.05, 0.1) is 0 Å². The second-order valence-electron chi connectivity index (χ2n) is 4.99. The van der Waals surface area contributed by atoms with Crippen LogP contribution >= 0.6 is 0 Å². The van der Waals surface area contributed by atoms with Crippen LogP contribution in [-0.2, 0) is 19.1 Å². The minimum atomic E-state index is -1.93. The summed E-state index contributed by atoms with van der Waals surface area (Å²) in [6, 6.07) is 3.21. The van der Waals surface area contributed by atoms with E-state index in [0.29, 0.717) is 0 Å². The SMILES string of the molecule is CC1(C)OC(=O)C(=CNc2ccc(F)cc2B(O)O)C(=O)O1. The van der Waals surface area contributed by atoms with E-state index in [2.05, 4.69) is 5.32 Å². The van der Waals surface area contributed by atoms with Gasteiger partial charge in [-0.2, -0.15) is 0 Å². The molecular weight excluding hydrogens is 296 g/mol. The van der Waals surface area contributed by atoms with E-state index in [9.17, 15) is 24.0 Å². The Bertz CT molecular complexity index is 636. The number of anilines is 1. The Morgan fingerprint density at radius 2 is 1.82 bits per heavy atom. The highest BCUT2D eigenvalue weighted by Gasteiger charge is 2.39. The third-order valence-corrected chi connectivity index (χ3v) is 2.78. The second kappa shape index (κ2) is 5.78. The summed E-state index contributed by atoms with van der Waals surface area (Å²) in [6.07, 6.45) is 0.999. The molecule has 0 amide bonds. The van der Waals surface area contributed by atoms with E-state index in [4.69, 9.17) is 9.47 Å². The molecule has 1 aromatic carbocycles. The zero-order valence-electron chi connectivity index (χ0n) is 11.8. The Hall–Kier alpha value is -2.39. The fourth-order valence-electron chi connectivity index (χ4n) is 1.81. The van der Waals surface area contributed by atoms with Gasteiger partial charge in [-0.3, -0.25) is 0 Å². The monoisotopic (exact) mass is 309 g/mol. The summed E-state index contributed by atoms with van der Waals surface area (Å²) in [6.45, 7) is 2.82. The molecule has 3 N–H and O–H groups in total. The molecule has 1 heterocycles. The van der Waals surface area contributed by atoms with E-state index in [0.717, 1.165) is 18.3 Å². The summed E-state index contributed by atoms with van der Waals surface area (Å²) in [4.78, 5) is 23.4. The predicted molar refractivity (Wildman–Crippen MR) is 74.2 cm³/mol. The summed E-state index contributed by atoms with van der Waals surface area (Å²) < 4.78 is 22.9. The van der Waals surface area contributed by atoms with Crippen LogP contribution in [0.1, 0.15) is 13.8 Å². The number of cyclic esters (lactones) is 2. The molecule has 0 spiro atoms. The minimum absolute atomic E-state index is 0.106. The maximum absolute atomic E-state index is 13.1. The lowest BCUT2D eigenvalue weighted by atomic mass is 9.79. The molecule has 22 heavy (non-hydrogen) atoms. The molecule has 7 nitrogen and oxygen atoms in total. The van der Waals surface area contributed by atoms with E-state index in [1.165, 1.54) is 19.9 Å². The average molecular weight is 309 g/mol. The number of carbonyl (C=O) groups excluding carboxylic acids is 2. The van der Waals surface area contributed by atoms with Crippen molar-refractivity contribution in [1.82, 2.24) is 0 Å². The van der Waals surface area contributed by atoms with Crippen molar-refractivity contribution in [2.45, 2.75) is 19.6 Å². The lowest BCUT2D eigenvalue weighted by Gasteiger charge is -2.29. The first-order valence-corrected chi connectivity index (χ1v) is 6.28. The number of hydrogen-bond acceptors (Lipinski definition) is 7. The number of carbonyl (C=O) groups is 2. The highest BCUT2D eigenvalue weighted by Crippen LogP contribution is 2.22. The number of ether oxygens (including phenoxy) is 2. The number of rotatable bonds is 3. The molecule has 0 atom stereocenters. The standard InChI is InChI=1S/C13H13BFNO6/c1-13(2)21-11(17)8(12(18)22-13)6-16-10-4-3-7(15)5-9(10)14(19)20/h3-6,16,19-20H,1-2H3. The van der Waals surface area contributed by atoms with Crippen molar-refractivity contribution in [2.75, 3.05) is 5.32 Å². The minimum Gasteiger partial charge on any atom is -0.423 e. The van der Waals surface area contributed by atoms with E-state index in [1.807, 2.05) is 0 Å². The summed E-state index contributed by atoms with van der Waals surface area (Å²) >= 11 is 0. The van der Waals surface area contributed by atoms with Crippen LogP contribution in [0.5, 0.6) is 0 Å². The van der Waals surface area contributed by atoms with Gasteiger partial charge in [-0.25, -0.2) is 14.0 Å². The van der Waals surface area contributed by atoms with Crippen LogP contribution in [0, 0.1) is 5.82 Å². The second-order valence-corrected chi connectivity index (χ2v) is 4.99. The summed E-state index contributed by atoms with van der Waals surface area (Å²) in [5, 5.41) is 20.9. The molecule has 2 rings (SSSR count). The Kier molecular flexibility index (Phi) is 4.20. The number of benzene rings is 1. The number of esters is 2. The van der Waals surface area contributed by atoms with Crippen LogP contribution in [0.25, 0.3) is 0 Å². The first-order chi connectivity index (χ1) is 10.2. The topological polar surface area (TPSA) is 105 Å². The molecule has 1 aliphatic heterocycles. The number of nitrogens with one attached hydrogen (secondary N) is 1. The zero-order chi connectivity index (χ0) is 16.5. The summed E-state index contributed by atoms with van der Waals surface area (Å²) in [5.41, 5.74) is -0.453. The summed E-state index contributed by atoms with van der Waals surface area (Å²) in [5.74, 6) is -3.79. The number of hydrogen-bond donors (Lipinski definition) is 3. The molecule has 1 aliphatic rings. The van der Waals surface area contributed by atoms with E-state index in [-0.39, 0.29) is 11.2 Å². The van der Waals surface area contributed by atoms with Gasteiger partial charge in [0.1, 0.15) is 5.82 Å². The van der Waals surface area contributed by atoms with Gasteiger partial charge in [0.25, 0.3) is 5.79 Å². The van der Waals surface area contributed by atoms with Crippen molar-refractivity contribution in [3.63, 3.8) is 0 Å².